The zero-order valence-corrected chi connectivity index (χ0v) is 13.8. The van der Waals surface area contributed by atoms with E-state index in [0.717, 1.165) is 37.4 Å². The highest BCUT2D eigenvalue weighted by atomic mass is 16.2. The van der Waals surface area contributed by atoms with Crippen LogP contribution in [-0.4, -0.2) is 40.3 Å². The summed E-state index contributed by atoms with van der Waals surface area (Å²) in [4.78, 5) is 28.7. The van der Waals surface area contributed by atoms with Gasteiger partial charge in [-0.2, -0.15) is 0 Å². The van der Waals surface area contributed by atoms with Crippen LogP contribution in [0.5, 0.6) is 0 Å². The molecule has 3 heterocycles. The molecule has 6 heteroatoms. The van der Waals surface area contributed by atoms with E-state index in [4.69, 9.17) is 4.99 Å². The second-order valence-electron chi connectivity index (χ2n) is 7.06. The van der Waals surface area contributed by atoms with Crippen molar-refractivity contribution >= 4 is 17.7 Å². The number of aromatic nitrogens is 2. The molecule has 0 bridgehead atoms. The molecule has 6 nitrogen and oxygen atoms in total. The average molecular weight is 333 g/mol. The van der Waals surface area contributed by atoms with Crippen molar-refractivity contribution in [1.29, 1.82) is 0 Å². The van der Waals surface area contributed by atoms with Crippen molar-refractivity contribution in [2.45, 2.75) is 18.4 Å². The summed E-state index contributed by atoms with van der Waals surface area (Å²) >= 11 is 0. The molecule has 1 N–H and O–H groups in total. The van der Waals surface area contributed by atoms with Gasteiger partial charge in [0, 0.05) is 37.0 Å². The molecule has 1 aliphatic carbocycles. The van der Waals surface area contributed by atoms with Crippen LogP contribution in [0.3, 0.4) is 0 Å². The lowest BCUT2D eigenvalue weighted by Crippen LogP contribution is -2.45. The molecule has 2 aromatic rings. The van der Waals surface area contributed by atoms with Crippen LogP contribution in [0.15, 0.2) is 53.8 Å². The van der Waals surface area contributed by atoms with Gasteiger partial charge < -0.3 is 10.2 Å². The molecule has 0 unspecified atom stereocenters. The van der Waals surface area contributed by atoms with Gasteiger partial charge in [-0.25, -0.2) is 9.97 Å². The summed E-state index contributed by atoms with van der Waals surface area (Å²) in [7, 11) is 0. The van der Waals surface area contributed by atoms with E-state index in [9.17, 15) is 4.79 Å². The van der Waals surface area contributed by atoms with E-state index in [1.807, 2.05) is 36.4 Å². The van der Waals surface area contributed by atoms with Gasteiger partial charge in [0.1, 0.15) is 11.4 Å². The number of fused-ring (bicyclic) bond motifs is 2. The largest absolute Gasteiger partial charge is 0.340 e. The van der Waals surface area contributed by atoms with E-state index in [2.05, 4.69) is 20.2 Å². The predicted molar refractivity (Wildman–Crippen MR) is 94.3 cm³/mol. The van der Waals surface area contributed by atoms with Crippen LogP contribution in [0.25, 0.3) is 0 Å². The first-order valence-corrected chi connectivity index (χ1v) is 8.75. The molecule has 2 fully saturated rings. The number of hydrogen-bond acceptors (Lipinski definition) is 5. The summed E-state index contributed by atoms with van der Waals surface area (Å²) in [6.45, 7) is 1.69. The maximum atomic E-state index is 12.9. The van der Waals surface area contributed by atoms with Crippen LogP contribution in [0.1, 0.15) is 18.4 Å². The molecule has 2 aliphatic heterocycles. The third-order valence-corrected chi connectivity index (χ3v) is 5.77. The molecule has 3 atom stereocenters. The Bertz CT molecular complexity index is 837. The van der Waals surface area contributed by atoms with Gasteiger partial charge in [0.25, 0.3) is 5.91 Å². The van der Waals surface area contributed by atoms with Crippen molar-refractivity contribution in [3.05, 3.63) is 54.4 Å². The average Bonchev–Trinajstić information content (AvgIpc) is 3.32. The highest BCUT2D eigenvalue weighted by molar-refractivity contribution is 6.15. The summed E-state index contributed by atoms with van der Waals surface area (Å²) in [6.07, 6.45) is 5.38. The van der Waals surface area contributed by atoms with Crippen molar-refractivity contribution < 1.29 is 4.79 Å². The van der Waals surface area contributed by atoms with Gasteiger partial charge in [0.05, 0.1) is 0 Å². The lowest BCUT2D eigenvalue weighted by molar-refractivity contribution is -0.124. The number of hydrogen-bond donors (Lipinski definition) is 1. The van der Waals surface area contributed by atoms with Crippen molar-refractivity contribution in [3.8, 4) is 0 Å². The van der Waals surface area contributed by atoms with Crippen molar-refractivity contribution in [3.63, 3.8) is 0 Å². The molecule has 25 heavy (non-hydrogen) atoms. The minimum atomic E-state index is -0.626. The van der Waals surface area contributed by atoms with Crippen LogP contribution in [0.4, 0.5) is 5.95 Å². The van der Waals surface area contributed by atoms with Gasteiger partial charge in [-0.3, -0.25) is 9.79 Å². The molecule has 3 aliphatic rings. The van der Waals surface area contributed by atoms with Gasteiger partial charge in [-0.15, -0.1) is 0 Å². The van der Waals surface area contributed by atoms with Gasteiger partial charge >= 0.3 is 0 Å². The Kier molecular flexibility index (Phi) is 3.13. The van der Waals surface area contributed by atoms with Crippen molar-refractivity contribution in [2.24, 2.45) is 16.8 Å². The van der Waals surface area contributed by atoms with Gasteiger partial charge in [0.15, 0.2) is 0 Å². The first-order chi connectivity index (χ1) is 12.3. The van der Waals surface area contributed by atoms with E-state index in [0.29, 0.717) is 11.8 Å². The fourth-order valence-corrected chi connectivity index (χ4v) is 4.56. The van der Waals surface area contributed by atoms with Gasteiger partial charge in [-0.1, -0.05) is 30.3 Å². The summed E-state index contributed by atoms with van der Waals surface area (Å²) < 4.78 is 0. The third kappa shape index (κ3) is 2.17. The van der Waals surface area contributed by atoms with Gasteiger partial charge in [0.2, 0.25) is 5.95 Å². The number of rotatable bonds is 2. The lowest BCUT2D eigenvalue weighted by Gasteiger charge is -2.25. The van der Waals surface area contributed by atoms with E-state index < -0.39 is 5.54 Å². The zero-order valence-electron chi connectivity index (χ0n) is 13.8. The molecule has 126 valence electrons. The van der Waals surface area contributed by atoms with Crippen molar-refractivity contribution in [1.82, 2.24) is 15.3 Å². The number of carbonyl (C=O) groups excluding carboxylic acids is 1. The molecular weight excluding hydrogens is 314 g/mol. The molecule has 0 radical (unpaired) electrons. The molecule has 5 rings (SSSR count). The molecule has 1 saturated carbocycles. The molecule has 1 spiro atoms. The number of benzene rings is 1. The smallest absolute Gasteiger partial charge is 0.253 e. The third-order valence-electron chi connectivity index (χ3n) is 5.77. The zero-order chi connectivity index (χ0) is 16.9. The highest BCUT2D eigenvalue weighted by Gasteiger charge is 2.59. The van der Waals surface area contributed by atoms with E-state index in [-0.39, 0.29) is 11.8 Å². The van der Waals surface area contributed by atoms with E-state index >= 15 is 0 Å². The number of nitrogens with zero attached hydrogens (tertiary/aromatic N) is 4. The monoisotopic (exact) mass is 333 g/mol. The van der Waals surface area contributed by atoms with E-state index in [1.165, 1.54) is 0 Å². The first kappa shape index (κ1) is 14.6. The second-order valence-corrected chi connectivity index (χ2v) is 7.06. The van der Waals surface area contributed by atoms with E-state index in [1.54, 1.807) is 12.4 Å². The fraction of sp³-hybridized carbons (Fsp3) is 0.368. The minimum Gasteiger partial charge on any atom is -0.340 e. The number of aliphatic imine (C=N–C) groups is 1. The normalized spacial score (nSPS) is 30.5. The summed E-state index contributed by atoms with van der Waals surface area (Å²) in [5.74, 6) is 2.19. The standard InChI is InChI=1S/C19H19N5O/c25-17-19(23-16(22-17)13-5-2-1-3-6-13)8-7-14-11-24(12-15(14)19)18-20-9-4-10-21-18/h1-6,9-10,14-15H,7-8,11-12H2,(H,22,23,25)/t14-,15+,19-/m1/s1. The second kappa shape index (κ2) is 5.37. The molecule has 1 aromatic carbocycles. The Labute approximate surface area is 146 Å². The molecular formula is C19H19N5O. The lowest BCUT2D eigenvalue weighted by atomic mass is 9.85. The number of anilines is 1. The Morgan fingerprint density at radius 2 is 1.88 bits per heavy atom. The Morgan fingerprint density at radius 3 is 2.68 bits per heavy atom. The summed E-state index contributed by atoms with van der Waals surface area (Å²) in [6, 6.07) is 11.7. The SMILES string of the molecule is O=C1NC(c2ccccc2)=N[C@@]12CC[C@@H]1CN(c3ncccn3)C[C@@H]12. The Balaban J connectivity index is 1.46. The fourth-order valence-electron chi connectivity index (χ4n) is 4.56. The van der Waals surface area contributed by atoms with Crippen LogP contribution in [-0.2, 0) is 4.79 Å². The number of nitrogens with one attached hydrogen (secondary N) is 1. The van der Waals surface area contributed by atoms with Crippen LogP contribution < -0.4 is 10.2 Å². The molecule has 1 aromatic heterocycles. The topological polar surface area (TPSA) is 70.5 Å². The van der Waals surface area contributed by atoms with Crippen LogP contribution in [0.2, 0.25) is 0 Å². The number of amides is 1. The first-order valence-electron chi connectivity index (χ1n) is 8.75. The predicted octanol–water partition coefficient (Wildman–Crippen LogP) is 1.64. The number of carbonyl (C=O) groups is 1. The minimum absolute atomic E-state index is 0.0506. The molecule has 1 amide bonds. The van der Waals surface area contributed by atoms with Crippen LogP contribution >= 0.6 is 0 Å². The van der Waals surface area contributed by atoms with Gasteiger partial charge in [-0.05, 0) is 24.8 Å². The maximum absolute atomic E-state index is 12.9. The Morgan fingerprint density at radius 1 is 1.08 bits per heavy atom. The van der Waals surface area contributed by atoms with Crippen molar-refractivity contribution in [2.75, 3.05) is 18.0 Å². The quantitative estimate of drug-likeness (QED) is 0.907. The number of amidine groups is 1. The highest BCUT2D eigenvalue weighted by Crippen LogP contribution is 2.49. The summed E-state index contributed by atoms with van der Waals surface area (Å²) in [5, 5.41) is 3.03. The molecule has 1 saturated heterocycles. The van der Waals surface area contributed by atoms with Crippen LogP contribution in [0, 0.1) is 11.8 Å². The summed E-state index contributed by atoms with van der Waals surface area (Å²) in [5.41, 5.74) is 0.344. The maximum Gasteiger partial charge on any atom is 0.253 e. The Hall–Kier alpha value is -2.76.